The minimum Gasteiger partial charge on any atom is -0.398 e. The molecular weight excluding hydrogens is 272 g/mol. The van der Waals surface area contributed by atoms with Crippen molar-refractivity contribution in [2.24, 2.45) is 5.41 Å². The summed E-state index contributed by atoms with van der Waals surface area (Å²) in [7, 11) is -3.52. The molecule has 1 aromatic carbocycles. The summed E-state index contributed by atoms with van der Waals surface area (Å²) < 4.78 is 27.5. The molecule has 0 bridgehead atoms. The Kier molecular flexibility index (Phi) is 4.39. The van der Waals surface area contributed by atoms with Gasteiger partial charge in [0.2, 0.25) is 10.0 Å². The van der Waals surface area contributed by atoms with Crippen molar-refractivity contribution in [2.45, 2.75) is 50.8 Å². The van der Waals surface area contributed by atoms with Crippen LogP contribution in [0, 0.1) is 12.3 Å². The van der Waals surface area contributed by atoms with Gasteiger partial charge in [0.15, 0.2) is 0 Å². The normalized spacial score (nSPS) is 18.9. The number of rotatable bonds is 4. The molecule has 0 spiro atoms. The third-order valence-corrected chi connectivity index (χ3v) is 5.68. The van der Waals surface area contributed by atoms with E-state index in [1.54, 1.807) is 18.2 Å². The zero-order chi connectivity index (χ0) is 14.8. The Hall–Kier alpha value is -1.07. The van der Waals surface area contributed by atoms with Crippen LogP contribution in [0.25, 0.3) is 0 Å². The molecular formula is C15H24N2O2S. The highest BCUT2D eigenvalue weighted by Crippen LogP contribution is 2.35. The number of nitrogen functional groups attached to an aromatic ring is 1. The van der Waals surface area contributed by atoms with Crippen molar-refractivity contribution in [3.8, 4) is 0 Å². The number of sulfonamides is 1. The summed E-state index contributed by atoms with van der Waals surface area (Å²) in [5, 5.41) is 0. The molecule has 4 nitrogen and oxygen atoms in total. The maximum Gasteiger partial charge on any atom is 0.242 e. The van der Waals surface area contributed by atoms with Crippen molar-refractivity contribution in [3.05, 3.63) is 23.8 Å². The molecule has 1 aliphatic carbocycles. The van der Waals surface area contributed by atoms with Crippen molar-refractivity contribution >= 4 is 15.7 Å². The van der Waals surface area contributed by atoms with E-state index in [9.17, 15) is 8.42 Å². The second kappa shape index (κ2) is 5.74. The Labute approximate surface area is 121 Å². The minimum absolute atomic E-state index is 0.0742. The molecule has 5 heteroatoms. The highest BCUT2D eigenvalue weighted by molar-refractivity contribution is 7.89. The quantitative estimate of drug-likeness (QED) is 0.839. The molecule has 20 heavy (non-hydrogen) atoms. The first kappa shape index (κ1) is 15.3. The lowest BCUT2D eigenvalue weighted by molar-refractivity contribution is 0.219. The molecule has 0 atom stereocenters. The molecule has 0 heterocycles. The van der Waals surface area contributed by atoms with E-state index < -0.39 is 10.0 Å². The lowest BCUT2D eigenvalue weighted by Gasteiger charge is -2.33. The van der Waals surface area contributed by atoms with Gasteiger partial charge < -0.3 is 5.73 Å². The van der Waals surface area contributed by atoms with Crippen LogP contribution in [0.5, 0.6) is 0 Å². The fourth-order valence-electron chi connectivity index (χ4n) is 2.84. The van der Waals surface area contributed by atoms with Gasteiger partial charge >= 0.3 is 0 Å². The van der Waals surface area contributed by atoms with Crippen molar-refractivity contribution in [2.75, 3.05) is 12.3 Å². The number of nitrogens with one attached hydrogen (secondary N) is 1. The van der Waals surface area contributed by atoms with Gasteiger partial charge in [-0.3, -0.25) is 0 Å². The third-order valence-electron chi connectivity index (χ3n) is 4.20. The van der Waals surface area contributed by atoms with Gasteiger partial charge in [0.05, 0.1) is 5.69 Å². The van der Waals surface area contributed by atoms with Crippen molar-refractivity contribution < 1.29 is 8.42 Å². The van der Waals surface area contributed by atoms with Crippen molar-refractivity contribution in [1.82, 2.24) is 4.72 Å². The Bertz CT molecular complexity index is 576. The average Bonchev–Trinajstić information content (AvgIpc) is 2.37. The van der Waals surface area contributed by atoms with E-state index in [-0.39, 0.29) is 10.3 Å². The lowest BCUT2D eigenvalue weighted by atomic mass is 9.76. The molecule has 3 N–H and O–H groups in total. The first-order valence-corrected chi connectivity index (χ1v) is 8.67. The van der Waals surface area contributed by atoms with E-state index in [0.717, 1.165) is 18.4 Å². The van der Waals surface area contributed by atoms with Crippen LogP contribution in [0.15, 0.2) is 23.1 Å². The number of anilines is 1. The van der Waals surface area contributed by atoms with E-state index in [2.05, 4.69) is 11.6 Å². The average molecular weight is 296 g/mol. The van der Waals surface area contributed by atoms with E-state index in [0.29, 0.717) is 12.2 Å². The van der Waals surface area contributed by atoms with Crippen LogP contribution in [-0.4, -0.2) is 15.0 Å². The fourth-order valence-corrected chi connectivity index (χ4v) is 4.15. The van der Waals surface area contributed by atoms with Gasteiger partial charge in [-0.25, -0.2) is 13.1 Å². The summed E-state index contributed by atoms with van der Waals surface area (Å²) in [5.74, 6) is 0. The maximum atomic E-state index is 12.4. The molecule has 0 radical (unpaired) electrons. The summed E-state index contributed by atoms with van der Waals surface area (Å²) in [4.78, 5) is 0.183. The summed E-state index contributed by atoms with van der Waals surface area (Å²) in [6.45, 7) is 4.54. The molecule has 1 saturated carbocycles. The molecule has 1 aliphatic rings. The molecule has 0 amide bonds. The van der Waals surface area contributed by atoms with Gasteiger partial charge in [-0.2, -0.15) is 0 Å². The zero-order valence-electron chi connectivity index (χ0n) is 12.3. The highest BCUT2D eigenvalue weighted by Gasteiger charge is 2.29. The highest BCUT2D eigenvalue weighted by atomic mass is 32.2. The predicted molar refractivity (Wildman–Crippen MR) is 82.0 cm³/mol. The molecule has 1 aromatic rings. The van der Waals surface area contributed by atoms with Crippen LogP contribution >= 0.6 is 0 Å². The largest absolute Gasteiger partial charge is 0.398 e. The smallest absolute Gasteiger partial charge is 0.242 e. The molecule has 0 aromatic heterocycles. The Balaban J connectivity index is 2.11. The second-order valence-corrected chi connectivity index (χ2v) is 7.97. The van der Waals surface area contributed by atoms with Crippen molar-refractivity contribution in [1.29, 1.82) is 0 Å². The summed E-state index contributed by atoms with van der Waals surface area (Å²) >= 11 is 0. The van der Waals surface area contributed by atoms with Gasteiger partial charge in [0, 0.05) is 6.54 Å². The van der Waals surface area contributed by atoms with E-state index >= 15 is 0 Å². The minimum atomic E-state index is -3.52. The monoisotopic (exact) mass is 296 g/mol. The topological polar surface area (TPSA) is 72.2 Å². The standard InChI is InChI=1S/C15H24N2O2S/c1-12-6-7-14(13(16)10-12)20(18,19)17-11-15(2)8-4-3-5-9-15/h6-7,10,17H,3-5,8-9,11,16H2,1-2H3. The van der Waals surface area contributed by atoms with Gasteiger partial charge in [0.1, 0.15) is 4.90 Å². The van der Waals surface area contributed by atoms with Crippen LogP contribution < -0.4 is 10.5 Å². The first-order valence-electron chi connectivity index (χ1n) is 7.18. The van der Waals surface area contributed by atoms with Gasteiger partial charge in [0.25, 0.3) is 0 Å². The Morgan fingerprint density at radius 1 is 1.25 bits per heavy atom. The molecule has 0 unspecified atom stereocenters. The molecule has 112 valence electrons. The number of nitrogens with two attached hydrogens (primary N) is 1. The molecule has 2 rings (SSSR count). The molecule has 1 fully saturated rings. The van der Waals surface area contributed by atoms with Crippen LogP contribution in [0.1, 0.15) is 44.6 Å². The summed E-state index contributed by atoms with van der Waals surface area (Å²) in [6, 6.07) is 5.04. The van der Waals surface area contributed by atoms with E-state index in [1.807, 2.05) is 6.92 Å². The molecule has 0 saturated heterocycles. The van der Waals surface area contributed by atoms with E-state index in [4.69, 9.17) is 5.73 Å². The second-order valence-electron chi connectivity index (χ2n) is 6.24. The third kappa shape index (κ3) is 3.52. The number of hydrogen-bond acceptors (Lipinski definition) is 3. The molecule has 0 aliphatic heterocycles. The number of hydrogen-bond donors (Lipinski definition) is 2. The van der Waals surface area contributed by atoms with Crippen molar-refractivity contribution in [3.63, 3.8) is 0 Å². The van der Waals surface area contributed by atoms with E-state index in [1.165, 1.54) is 19.3 Å². The Morgan fingerprint density at radius 3 is 2.50 bits per heavy atom. The fraction of sp³-hybridized carbons (Fsp3) is 0.600. The van der Waals surface area contributed by atoms with Crippen LogP contribution in [-0.2, 0) is 10.0 Å². The van der Waals surface area contributed by atoms with Crippen LogP contribution in [0.2, 0.25) is 0 Å². The van der Waals surface area contributed by atoms with Gasteiger partial charge in [-0.15, -0.1) is 0 Å². The zero-order valence-corrected chi connectivity index (χ0v) is 13.1. The summed E-state index contributed by atoms with van der Waals surface area (Å²) in [5.41, 5.74) is 7.17. The summed E-state index contributed by atoms with van der Waals surface area (Å²) in [6.07, 6.45) is 5.79. The predicted octanol–water partition coefficient (Wildman–Crippen LogP) is 2.83. The maximum absolute atomic E-state index is 12.4. The van der Waals surface area contributed by atoms with Gasteiger partial charge in [-0.1, -0.05) is 32.3 Å². The number of aryl methyl sites for hydroxylation is 1. The number of benzene rings is 1. The SMILES string of the molecule is Cc1ccc(S(=O)(=O)NCC2(C)CCCCC2)c(N)c1. The van der Waals surface area contributed by atoms with Crippen LogP contribution in [0.3, 0.4) is 0 Å². The Morgan fingerprint density at radius 2 is 1.90 bits per heavy atom. The lowest BCUT2D eigenvalue weighted by Crippen LogP contribution is -2.37. The van der Waals surface area contributed by atoms with Crippen LogP contribution in [0.4, 0.5) is 5.69 Å². The van der Waals surface area contributed by atoms with Gasteiger partial charge in [-0.05, 0) is 42.9 Å². The first-order chi connectivity index (χ1) is 9.32.